The van der Waals surface area contributed by atoms with Crippen molar-refractivity contribution < 1.29 is 0 Å². The molecule has 0 radical (unpaired) electrons. The second-order valence-corrected chi connectivity index (χ2v) is 4.32. The Hall–Kier alpha value is -0.780. The maximum atomic E-state index is 2.27. The van der Waals surface area contributed by atoms with Gasteiger partial charge in [0.1, 0.15) is 0 Å². The van der Waals surface area contributed by atoms with E-state index in [4.69, 9.17) is 0 Å². The fraction of sp³-hybridized carbons (Fsp3) is 0.538. The van der Waals surface area contributed by atoms with E-state index < -0.39 is 0 Å². The van der Waals surface area contributed by atoms with Crippen molar-refractivity contribution >= 4 is 0 Å². The summed E-state index contributed by atoms with van der Waals surface area (Å²) in [5.41, 5.74) is 2.88. The van der Waals surface area contributed by atoms with Crippen LogP contribution in [0.5, 0.6) is 0 Å². The lowest BCUT2D eigenvalue weighted by atomic mass is 9.81. The Morgan fingerprint density at radius 3 is 2.38 bits per heavy atom. The summed E-state index contributed by atoms with van der Waals surface area (Å²) in [7, 11) is 0. The van der Waals surface area contributed by atoms with E-state index in [0.717, 1.165) is 5.92 Å². The summed E-state index contributed by atoms with van der Waals surface area (Å²) in [5, 5.41) is 0. The molecular weight excluding hydrogens is 156 g/mol. The van der Waals surface area contributed by atoms with Gasteiger partial charge in [0.2, 0.25) is 0 Å². The molecule has 0 N–H and O–H groups in total. The van der Waals surface area contributed by atoms with Gasteiger partial charge in [0.25, 0.3) is 0 Å². The highest BCUT2D eigenvalue weighted by molar-refractivity contribution is 5.21. The van der Waals surface area contributed by atoms with Crippen molar-refractivity contribution in [3.63, 3.8) is 0 Å². The molecule has 0 bridgehead atoms. The topological polar surface area (TPSA) is 0 Å². The van der Waals surface area contributed by atoms with Gasteiger partial charge in [-0.05, 0) is 31.2 Å². The normalized spacial score (nSPS) is 17.0. The maximum Gasteiger partial charge on any atom is -0.0276 e. The zero-order valence-electron chi connectivity index (χ0n) is 8.42. The van der Waals surface area contributed by atoms with Gasteiger partial charge in [0.05, 0.1) is 0 Å². The van der Waals surface area contributed by atoms with E-state index in [-0.39, 0.29) is 0 Å². The van der Waals surface area contributed by atoms with Crippen LogP contribution >= 0.6 is 0 Å². The molecule has 1 aliphatic carbocycles. The van der Waals surface area contributed by atoms with E-state index >= 15 is 0 Å². The first-order chi connectivity index (χ1) is 6.34. The van der Waals surface area contributed by atoms with E-state index in [9.17, 15) is 0 Å². The van der Waals surface area contributed by atoms with Crippen LogP contribution in [0, 0.1) is 12.8 Å². The van der Waals surface area contributed by atoms with E-state index in [1.54, 1.807) is 0 Å². The van der Waals surface area contributed by atoms with Gasteiger partial charge >= 0.3 is 0 Å². The summed E-state index contributed by atoms with van der Waals surface area (Å²) in [6.07, 6.45) is 7.12. The highest BCUT2D eigenvalue weighted by Crippen LogP contribution is 2.30. The van der Waals surface area contributed by atoms with Gasteiger partial charge in [-0.3, -0.25) is 0 Å². The SMILES string of the molecule is Cc1ccc(CCC2CCC2)cc1. The predicted octanol–water partition coefficient (Wildman–Crippen LogP) is 3.73. The molecule has 1 saturated carbocycles. The number of rotatable bonds is 3. The molecule has 0 spiro atoms. The van der Waals surface area contributed by atoms with Crippen molar-refractivity contribution in [1.29, 1.82) is 0 Å². The molecule has 70 valence electrons. The van der Waals surface area contributed by atoms with Gasteiger partial charge in [0.15, 0.2) is 0 Å². The largest absolute Gasteiger partial charge is 0.0591 e. The van der Waals surface area contributed by atoms with Crippen LogP contribution in [0.25, 0.3) is 0 Å². The van der Waals surface area contributed by atoms with E-state index in [1.807, 2.05) is 0 Å². The van der Waals surface area contributed by atoms with E-state index in [0.29, 0.717) is 0 Å². The second-order valence-electron chi connectivity index (χ2n) is 4.32. The van der Waals surface area contributed by atoms with Gasteiger partial charge in [-0.15, -0.1) is 0 Å². The Balaban J connectivity index is 1.83. The summed E-state index contributed by atoms with van der Waals surface area (Å²) in [6.45, 7) is 2.15. The lowest BCUT2D eigenvalue weighted by Gasteiger charge is -2.25. The van der Waals surface area contributed by atoms with Crippen molar-refractivity contribution in [2.45, 2.75) is 39.0 Å². The zero-order valence-corrected chi connectivity index (χ0v) is 8.42. The predicted molar refractivity (Wildman–Crippen MR) is 56.8 cm³/mol. The minimum absolute atomic E-state index is 1.04. The first-order valence-electron chi connectivity index (χ1n) is 5.40. The maximum absolute atomic E-state index is 2.27. The Morgan fingerprint density at radius 1 is 1.15 bits per heavy atom. The minimum atomic E-state index is 1.04. The molecule has 0 unspecified atom stereocenters. The Morgan fingerprint density at radius 2 is 1.85 bits per heavy atom. The van der Waals surface area contributed by atoms with Crippen LogP contribution in [-0.2, 0) is 6.42 Å². The van der Waals surface area contributed by atoms with Gasteiger partial charge in [-0.2, -0.15) is 0 Å². The van der Waals surface area contributed by atoms with Gasteiger partial charge in [-0.1, -0.05) is 49.1 Å². The van der Waals surface area contributed by atoms with Gasteiger partial charge in [-0.25, -0.2) is 0 Å². The lowest BCUT2D eigenvalue weighted by Crippen LogP contribution is -2.11. The molecular formula is C13H18. The summed E-state index contributed by atoms with van der Waals surface area (Å²) >= 11 is 0. The van der Waals surface area contributed by atoms with Crippen LogP contribution in [0.15, 0.2) is 24.3 Å². The smallest absolute Gasteiger partial charge is 0.0276 e. The molecule has 1 aliphatic rings. The molecule has 0 amide bonds. The molecule has 2 rings (SSSR count). The summed E-state index contributed by atoms with van der Waals surface area (Å²) in [5.74, 6) is 1.04. The molecule has 0 heteroatoms. The summed E-state index contributed by atoms with van der Waals surface area (Å²) in [4.78, 5) is 0. The third kappa shape index (κ3) is 2.33. The molecule has 1 aromatic rings. The van der Waals surface area contributed by atoms with Crippen molar-refractivity contribution in [1.82, 2.24) is 0 Å². The van der Waals surface area contributed by atoms with Crippen LogP contribution in [0.4, 0.5) is 0 Å². The van der Waals surface area contributed by atoms with Crippen molar-refractivity contribution in [2.24, 2.45) is 5.92 Å². The van der Waals surface area contributed by atoms with Gasteiger partial charge in [0, 0.05) is 0 Å². The van der Waals surface area contributed by atoms with Crippen molar-refractivity contribution in [2.75, 3.05) is 0 Å². The highest BCUT2D eigenvalue weighted by Gasteiger charge is 2.16. The van der Waals surface area contributed by atoms with E-state index in [2.05, 4.69) is 31.2 Å². The fourth-order valence-corrected chi connectivity index (χ4v) is 1.91. The first-order valence-corrected chi connectivity index (χ1v) is 5.40. The quantitative estimate of drug-likeness (QED) is 0.655. The monoisotopic (exact) mass is 174 g/mol. The summed E-state index contributed by atoms with van der Waals surface area (Å²) in [6, 6.07) is 8.98. The van der Waals surface area contributed by atoms with Crippen LogP contribution in [-0.4, -0.2) is 0 Å². The molecule has 0 heterocycles. The number of aryl methyl sites for hydroxylation is 2. The fourth-order valence-electron chi connectivity index (χ4n) is 1.91. The average Bonchev–Trinajstić information content (AvgIpc) is 2.05. The lowest BCUT2D eigenvalue weighted by molar-refractivity contribution is 0.296. The number of benzene rings is 1. The standard InChI is InChI=1S/C13H18/c1-11-5-7-13(8-6-11)10-9-12-3-2-4-12/h5-8,12H,2-4,9-10H2,1H3. The third-order valence-electron chi connectivity index (χ3n) is 3.19. The highest BCUT2D eigenvalue weighted by atomic mass is 14.2. The van der Waals surface area contributed by atoms with Crippen molar-refractivity contribution in [3.05, 3.63) is 35.4 Å². The number of hydrogen-bond acceptors (Lipinski definition) is 0. The molecule has 1 aromatic carbocycles. The first kappa shape index (κ1) is 8.80. The molecule has 0 atom stereocenters. The Labute approximate surface area is 81.0 Å². The summed E-state index contributed by atoms with van der Waals surface area (Å²) < 4.78 is 0. The number of hydrogen-bond donors (Lipinski definition) is 0. The van der Waals surface area contributed by atoms with Crippen LogP contribution in [0.3, 0.4) is 0 Å². The van der Waals surface area contributed by atoms with Crippen LogP contribution in [0.2, 0.25) is 0 Å². The third-order valence-corrected chi connectivity index (χ3v) is 3.19. The molecule has 13 heavy (non-hydrogen) atoms. The van der Waals surface area contributed by atoms with Crippen molar-refractivity contribution in [3.8, 4) is 0 Å². The zero-order chi connectivity index (χ0) is 9.10. The molecule has 0 saturated heterocycles. The molecule has 0 nitrogen and oxygen atoms in total. The Bertz CT molecular complexity index is 254. The second kappa shape index (κ2) is 3.95. The van der Waals surface area contributed by atoms with Gasteiger partial charge < -0.3 is 0 Å². The van der Waals surface area contributed by atoms with E-state index in [1.165, 1.54) is 43.2 Å². The molecule has 0 aliphatic heterocycles. The molecule has 0 aromatic heterocycles. The Kier molecular flexibility index (Phi) is 2.68. The minimum Gasteiger partial charge on any atom is -0.0591 e. The van der Waals surface area contributed by atoms with Crippen LogP contribution < -0.4 is 0 Å². The average molecular weight is 174 g/mol. The molecule has 1 fully saturated rings. The van der Waals surface area contributed by atoms with Crippen LogP contribution in [0.1, 0.15) is 36.8 Å².